The van der Waals surface area contributed by atoms with Gasteiger partial charge in [-0.2, -0.15) is 0 Å². The molecule has 106 valence electrons. The van der Waals surface area contributed by atoms with Crippen molar-refractivity contribution >= 4 is 0 Å². The number of aromatic nitrogens is 1. The van der Waals surface area contributed by atoms with Crippen molar-refractivity contribution in [2.75, 3.05) is 6.54 Å². The molecular weight excluding hydrogens is 251 g/mol. The standard InChI is InChI=1S/C17H21FN2/c1-3-9-20-17(15-8-10-19-12-13(15)2)11-14-6-4-5-7-16(14)18/h4-8,10,12,17,20H,3,9,11H2,1-2H3. The molecule has 2 aromatic rings. The second kappa shape index (κ2) is 7.15. The molecule has 0 fully saturated rings. The smallest absolute Gasteiger partial charge is 0.126 e. The molecule has 1 unspecified atom stereocenters. The van der Waals surface area contributed by atoms with Crippen molar-refractivity contribution in [3.8, 4) is 0 Å². The average molecular weight is 272 g/mol. The molecule has 1 atom stereocenters. The van der Waals surface area contributed by atoms with Crippen molar-refractivity contribution < 1.29 is 4.39 Å². The van der Waals surface area contributed by atoms with Crippen LogP contribution in [0.1, 0.15) is 36.1 Å². The number of nitrogens with zero attached hydrogens (tertiary/aromatic N) is 1. The van der Waals surface area contributed by atoms with Gasteiger partial charge in [-0.1, -0.05) is 25.1 Å². The molecule has 0 bridgehead atoms. The number of pyridine rings is 1. The summed E-state index contributed by atoms with van der Waals surface area (Å²) >= 11 is 0. The van der Waals surface area contributed by atoms with Gasteiger partial charge in [0.05, 0.1) is 0 Å². The van der Waals surface area contributed by atoms with Gasteiger partial charge in [0.1, 0.15) is 5.82 Å². The molecule has 0 spiro atoms. The van der Waals surface area contributed by atoms with E-state index < -0.39 is 0 Å². The maximum Gasteiger partial charge on any atom is 0.126 e. The van der Waals surface area contributed by atoms with Gasteiger partial charge in [0.2, 0.25) is 0 Å². The third-order valence-corrected chi connectivity index (χ3v) is 3.46. The minimum atomic E-state index is -0.137. The van der Waals surface area contributed by atoms with E-state index in [4.69, 9.17) is 0 Å². The molecule has 1 N–H and O–H groups in total. The lowest BCUT2D eigenvalue weighted by molar-refractivity contribution is 0.511. The minimum Gasteiger partial charge on any atom is -0.310 e. The van der Waals surface area contributed by atoms with Crippen LogP contribution in [0.25, 0.3) is 0 Å². The number of hydrogen-bond donors (Lipinski definition) is 1. The van der Waals surface area contributed by atoms with E-state index in [0.29, 0.717) is 6.42 Å². The zero-order valence-electron chi connectivity index (χ0n) is 12.1. The average Bonchev–Trinajstić information content (AvgIpc) is 2.46. The molecule has 20 heavy (non-hydrogen) atoms. The lowest BCUT2D eigenvalue weighted by atomic mass is 9.96. The molecule has 0 saturated carbocycles. The summed E-state index contributed by atoms with van der Waals surface area (Å²) in [5, 5.41) is 3.51. The lowest BCUT2D eigenvalue weighted by Crippen LogP contribution is -2.25. The van der Waals surface area contributed by atoms with Gasteiger partial charge < -0.3 is 5.32 Å². The van der Waals surface area contributed by atoms with Gasteiger partial charge in [-0.05, 0) is 55.1 Å². The number of nitrogens with one attached hydrogen (secondary N) is 1. The predicted octanol–water partition coefficient (Wildman–Crippen LogP) is 3.81. The van der Waals surface area contributed by atoms with Gasteiger partial charge in [-0.25, -0.2) is 4.39 Å². The minimum absolute atomic E-state index is 0.120. The molecule has 1 aromatic heterocycles. The van der Waals surface area contributed by atoms with Gasteiger partial charge in [-0.15, -0.1) is 0 Å². The fourth-order valence-electron chi connectivity index (χ4n) is 2.37. The largest absolute Gasteiger partial charge is 0.310 e. The quantitative estimate of drug-likeness (QED) is 0.865. The van der Waals surface area contributed by atoms with Crippen molar-refractivity contribution in [3.63, 3.8) is 0 Å². The van der Waals surface area contributed by atoms with E-state index in [9.17, 15) is 4.39 Å². The molecule has 1 heterocycles. The fraction of sp³-hybridized carbons (Fsp3) is 0.353. The number of hydrogen-bond acceptors (Lipinski definition) is 2. The van der Waals surface area contributed by atoms with E-state index in [-0.39, 0.29) is 11.9 Å². The van der Waals surface area contributed by atoms with Crippen molar-refractivity contribution in [2.24, 2.45) is 0 Å². The van der Waals surface area contributed by atoms with Crippen LogP contribution in [-0.2, 0) is 6.42 Å². The zero-order chi connectivity index (χ0) is 14.4. The zero-order valence-corrected chi connectivity index (χ0v) is 12.1. The Morgan fingerprint density at radius 2 is 2.05 bits per heavy atom. The molecule has 0 radical (unpaired) electrons. The van der Waals surface area contributed by atoms with E-state index >= 15 is 0 Å². The third-order valence-electron chi connectivity index (χ3n) is 3.46. The summed E-state index contributed by atoms with van der Waals surface area (Å²) in [5.74, 6) is -0.137. The maximum absolute atomic E-state index is 13.8. The highest BCUT2D eigenvalue weighted by Gasteiger charge is 2.15. The summed E-state index contributed by atoms with van der Waals surface area (Å²) in [6, 6.07) is 9.12. The van der Waals surface area contributed by atoms with Crippen molar-refractivity contribution in [1.82, 2.24) is 10.3 Å². The second-order valence-electron chi connectivity index (χ2n) is 5.03. The first kappa shape index (κ1) is 14.7. The molecule has 1 aromatic carbocycles. The van der Waals surface area contributed by atoms with E-state index in [2.05, 4.69) is 17.2 Å². The number of halogens is 1. The van der Waals surface area contributed by atoms with Crippen molar-refractivity contribution in [2.45, 2.75) is 32.7 Å². The molecule has 3 heteroatoms. The Morgan fingerprint density at radius 3 is 2.75 bits per heavy atom. The summed E-state index contributed by atoms with van der Waals surface area (Å²) in [6.07, 6.45) is 5.36. The van der Waals surface area contributed by atoms with E-state index in [0.717, 1.165) is 24.1 Å². The van der Waals surface area contributed by atoms with E-state index in [1.165, 1.54) is 11.6 Å². The first-order valence-electron chi connectivity index (χ1n) is 7.09. The topological polar surface area (TPSA) is 24.9 Å². The van der Waals surface area contributed by atoms with Gasteiger partial charge >= 0.3 is 0 Å². The lowest BCUT2D eigenvalue weighted by Gasteiger charge is -2.21. The molecule has 0 aliphatic carbocycles. The van der Waals surface area contributed by atoms with Crippen LogP contribution < -0.4 is 5.32 Å². The van der Waals surface area contributed by atoms with E-state index in [1.54, 1.807) is 12.3 Å². The van der Waals surface area contributed by atoms with Crippen LogP contribution in [0.5, 0.6) is 0 Å². The Balaban J connectivity index is 2.24. The fourth-order valence-corrected chi connectivity index (χ4v) is 2.37. The number of rotatable bonds is 6. The number of aryl methyl sites for hydroxylation is 1. The van der Waals surface area contributed by atoms with Gasteiger partial charge in [-0.3, -0.25) is 4.98 Å². The first-order chi connectivity index (χ1) is 9.72. The van der Waals surface area contributed by atoms with Crippen LogP contribution in [-0.4, -0.2) is 11.5 Å². The van der Waals surface area contributed by atoms with Crippen LogP contribution in [0.4, 0.5) is 4.39 Å². The van der Waals surface area contributed by atoms with Crippen LogP contribution in [0, 0.1) is 12.7 Å². The normalized spacial score (nSPS) is 12.3. The monoisotopic (exact) mass is 272 g/mol. The van der Waals surface area contributed by atoms with E-state index in [1.807, 2.05) is 31.3 Å². The van der Waals surface area contributed by atoms with Crippen LogP contribution in [0.3, 0.4) is 0 Å². The molecule has 2 nitrogen and oxygen atoms in total. The predicted molar refractivity (Wildman–Crippen MR) is 80.1 cm³/mol. The Bertz CT molecular complexity index is 554. The van der Waals surface area contributed by atoms with Crippen LogP contribution >= 0.6 is 0 Å². The van der Waals surface area contributed by atoms with Crippen LogP contribution in [0.15, 0.2) is 42.7 Å². The third kappa shape index (κ3) is 3.64. The Hall–Kier alpha value is -1.74. The SMILES string of the molecule is CCCNC(Cc1ccccc1F)c1ccncc1C. The maximum atomic E-state index is 13.8. The molecule has 0 amide bonds. The summed E-state index contributed by atoms with van der Waals surface area (Å²) in [7, 11) is 0. The van der Waals surface area contributed by atoms with Gasteiger partial charge in [0.15, 0.2) is 0 Å². The number of benzene rings is 1. The summed E-state index contributed by atoms with van der Waals surface area (Å²) in [6.45, 7) is 5.09. The Labute approximate surface area is 120 Å². The highest BCUT2D eigenvalue weighted by Crippen LogP contribution is 2.22. The highest BCUT2D eigenvalue weighted by molar-refractivity contribution is 5.28. The van der Waals surface area contributed by atoms with Crippen molar-refractivity contribution in [3.05, 3.63) is 65.2 Å². The van der Waals surface area contributed by atoms with Crippen molar-refractivity contribution in [1.29, 1.82) is 0 Å². The summed E-state index contributed by atoms with van der Waals surface area (Å²) < 4.78 is 13.8. The molecule has 0 saturated heterocycles. The molecule has 0 aliphatic heterocycles. The summed E-state index contributed by atoms with van der Waals surface area (Å²) in [5.41, 5.74) is 3.08. The first-order valence-corrected chi connectivity index (χ1v) is 7.09. The Kier molecular flexibility index (Phi) is 5.24. The van der Waals surface area contributed by atoms with Crippen LogP contribution in [0.2, 0.25) is 0 Å². The molecule has 0 aliphatic rings. The van der Waals surface area contributed by atoms with Gasteiger partial charge in [0, 0.05) is 18.4 Å². The highest BCUT2D eigenvalue weighted by atomic mass is 19.1. The summed E-state index contributed by atoms with van der Waals surface area (Å²) in [4.78, 5) is 4.13. The molecule has 2 rings (SSSR count). The van der Waals surface area contributed by atoms with Gasteiger partial charge in [0.25, 0.3) is 0 Å². The second-order valence-corrected chi connectivity index (χ2v) is 5.03. The Morgan fingerprint density at radius 1 is 1.25 bits per heavy atom. The molecular formula is C17H21FN2.